The number of alkyl halides is 3. The maximum atomic E-state index is 13.5. The number of hydrogen-bond donors (Lipinski definition) is 1. The van der Waals surface area contributed by atoms with Gasteiger partial charge in [-0.3, -0.25) is 0 Å². The zero-order chi connectivity index (χ0) is 15.6. The molecule has 1 atom stereocenters. The third-order valence-electron chi connectivity index (χ3n) is 2.78. The summed E-state index contributed by atoms with van der Waals surface area (Å²) in [5.41, 5.74) is 6.39. The van der Waals surface area contributed by atoms with Crippen LogP contribution in [0.25, 0.3) is 0 Å². The monoisotopic (exact) mass is 363 g/mol. The van der Waals surface area contributed by atoms with E-state index >= 15 is 0 Å². The Morgan fingerprint density at radius 3 is 2.38 bits per heavy atom. The van der Waals surface area contributed by atoms with E-state index in [0.717, 1.165) is 6.07 Å². The van der Waals surface area contributed by atoms with E-state index in [2.05, 4.69) is 20.7 Å². The number of benzene rings is 2. The summed E-state index contributed by atoms with van der Waals surface area (Å²) in [5, 5.41) is 0. The number of ether oxygens (including phenoxy) is 1. The Labute approximate surface area is 126 Å². The molecule has 2 rings (SSSR count). The second kappa shape index (κ2) is 6.03. The van der Waals surface area contributed by atoms with Gasteiger partial charge in [0.1, 0.15) is 11.6 Å². The number of halogens is 5. The van der Waals surface area contributed by atoms with Crippen LogP contribution in [0.1, 0.15) is 17.2 Å². The number of para-hydroxylation sites is 1. The molecule has 1 unspecified atom stereocenters. The largest absolute Gasteiger partial charge is 0.573 e. The van der Waals surface area contributed by atoms with Crippen molar-refractivity contribution in [2.75, 3.05) is 0 Å². The van der Waals surface area contributed by atoms with E-state index in [1.54, 1.807) is 0 Å². The molecule has 0 aliphatic heterocycles. The first-order valence-electron chi connectivity index (χ1n) is 5.83. The van der Waals surface area contributed by atoms with Gasteiger partial charge in [-0.2, -0.15) is 0 Å². The molecular formula is C14H10BrF4NO. The zero-order valence-electron chi connectivity index (χ0n) is 10.5. The summed E-state index contributed by atoms with van der Waals surface area (Å²) in [6.07, 6.45) is -4.82. The molecule has 0 aliphatic carbocycles. The first kappa shape index (κ1) is 15.8. The van der Waals surface area contributed by atoms with E-state index in [1.165, 1.54) is 36.4 Å². The summed E-state index contributed by atoms with van der Waals surface area (Å²) in [5.74, 6) is -0.946. The van der Waals surface area contributed by atoms with Crippen LogP contribution < -0.4 is 10.5 Å². The molecule has 0 bridgehead atoms. The van der Waals surface area contributed by atoms with Crippen LogP contribution in [0.3, 0.4) is 0 Å². The number of rotatable bonds is 3. The van der Waals surface area contributed by atoms with Crippen molar-refractivity contribution >= 4 is 15.9 Å². The van der Waals surface area contributed by atoms with Gasteiger partial charge in [0.05, 0.1) is 10.5 Å². The highest BCUT2D eigenvalue weighted by Crippen LogP contribution is 2.33. The molecular weight excluding hydrogens is 354 g/mol. The van der Waals surface area contributed by atoms with Crippen molar-refractivity contribution in [3.05, 3.63) is 63.9 Å². The molecule has 0 fully saturated rings. The third-order valence-corrected chi connectivity index (χ3v) is 3.43. The molecule has 0 aliphatic rings. The first-order chi connectivity index (χ1) is 9.78. The van der Waals surface area contributed by atoms with Crippen LogP contribution in [0.4, 0.5) is 17.6 Å². The minimum Gasteiger partial charge on any atom is -0.405 e. The minimum absolute atomic E-state index is 0.122. The summed E-state index contributed by atoms with van der Waals surface area (Å²) in [7, 11) is 0. The summed E-state index contributed by atoms with van der Waals surface area (Å²) in [6.45, 7) is 0. The Morgan fingerprint density at radius 1 is 1.10 bits per heavy atom. The van der Waals surface area contributed by atoms with Gasteiger partial charge in [-0.05, 0) is 39.7 Å². The van der Waals surface area contributed by atoms with Crippen molar-refractivity contribution < 1.29 is 22.3 Å². The van der Waals surface area contributed by atoms with E-state index in [4.69, 9.17) is 5.73 Å². The van der Waals surface area contributed by atoms with Crippen LogP contribution in [-0.4, -0.2) is 6.36 Å². The van der Waals surface area contributed by atoms with Gasteiger partial charge in [-0.15, -0.1) is 13.2 Å². The summed E-state index contributed by atoms with van der Waals surface area (Å²) in [6, 6.07) is 8.71. The van der Waals surface area contributed by atoms with Crippen molar-refractivity contribution in [3.63, 3.8) is 0 Å². The maximum Gasteiger partial charge on any atom is 0.573 e. The van der Waals surface area contributed by atoms with Gasteiger partial charge in [0.2, 0.25) is 0 Å². The van der Waals surface area contributed by atoms with E-state index < -0.39 is 24.0 Å². The predicted octanol–water partition coefficient (Wildman–Crippen LogP) is 4.53. The van der Waals surface area contributed by atoms with Gasteiger partial charge >= 0.3 is 6.36 Å². The normalized spacial score (nSPS) is 13.0. The van der Waals surface area contributed by atoms with Gasteiger partial charge in [0.25, 0.3) is 0 Å². The average molecular weight is 364 g/mol. The molecule has 0 saturated heterocycles. The van der Waals surface area contributed by atoms with E-state index in [0.29, 0.717) is 5.56 Å². The second-order valence-corrected chi connectivity index (χ2v) is 5.09. The molecule has 0 saturated carbocycles. The Bertz CT molecular complexity index is 645. The lowest BCUT2D eigenvalue weighted by atomic mass is 9.99. The third kappa shape index (κ3) is 3.95. The summed E-state index contributed by atoms with van der Waals surface area (Å²) >= 11 is 3.00. The van der Waals surface area contributed by atoms with Gasteiger partial charge in [0, 0.05) is 5.56 Å². The minimum atomic E-state index is -4.82. The first-order valence-corrected chi connectivity index (χ1v) is 6.62. The topological polar surface area (TPSA) is 35.2 Å². The molecule has 0 heterocycles. The van der Waals surface area contributed by atoms with Crippen LogP contribution in [0, 0.1) is 5.82 Å². The van der Waals surface area contributed by atoms with Crippen molar-refractivity contribution in [1.29, 1.82) is 0 Å². The molecule has 2 aromatic carbocycles. The molecule has 2 aromatic rings. The lowest BCUT2D eigenvalue weighted by Crippen LogP contribution is -2.20. The fourth-order valence-electron chi connectivity index (χ4n) is 1.84. The molecule has 0 radical (unpaired) electrons. The van der Waals surface area contributed by atoms with Crippen molar-refractivity contribution in [2.24, 2.45) is 5.73 Å². The molecule has 2 N–H and O–H groups in total. The summed E-state index contributed by atoms with van der Waals surface area (Å²) in [4.78, 5) is 0. The Morgan fingerprint density at radius 2 is 1.76 bits per heavy atom. The second-order valence-electron chi connectivity index (χ2n) is 4.24. The lowest BCUT2D eigenvalue weighted by Gasteiger charge is -2.18. The highest BCUT2D eigenvalue weighted by molar-refractivity contribution is 9.10. The summed E-state index contributed by atoms with van der Waals surface area (Å²) < 4.78 is 54.8. The van der Waals surface area contributed by atoms with Crippen LogP contribution in [0.15, 0.2) is 46.9 Å². The number of nitrogens with two attached hydrogens (primary N) is 1. The predicted molar refractivity (Wildman–Crippen MR) is 73.3 cm³/mol. The Hall–Kier alpha value is -1.60. The fourth-order valence-corrected chi connectivity index (χ4v) is 2.09. The van der Waals surface area contributed by atoms with Gasteiger partial charge in [0.15, 0.2) is 0 Å². The molecule has 21 heavy (non-hydrogen) atoms. The quantitative estimate of drug-likeness (QED) is 0.812. The standard InChI is InChI=1S/C14H10BrF4NO/c15-10-6-5-8(7-11(10)16)13(20)9-3-1-2-4-12(9)21-14(17,18)19/h1-7,13H,20H2. The highest BCUT2D eigenvalue weighted by atomic mass is 79.9. The zero-order valence-corrected chi connectivity index (χ0v) is 12.1. The van der Waals surface area contributed by atoms with Crippen LogP contribution in [0.5, 0.6) is 5.75 Å². The molecule has 0 spiro atoms. The fraction of sp³-hybridized carbons (Fsp3) is 0.143. The van der Waals surface area contributed by atoms with Gasteiger partial charge in [-0.25, -0.2) is 4.39 Å². The highest BCUT2D eigenvalue weighted by Gasteiger charge is 2.32. The molecule has 0 amide bonds. The lowest BCUT2D eigenvalue weighted by molar-refractivity contribution is -0.274. The van der Waals surface area contributed by atoms with Crippen LogP contribution in [0.2, 0.25) is 0 Å². The SMILES string of the molecule is NC(c1ccc(Br)c(F)c1)c1ccccc1OC(F)(F)F. The van der Waals surface area contributed by atoms with Crippen molar-refractivity contribution in [1.82, 2.24) is 0 Å². The molecule has 7 heteroatoms. The smallest absolute Gasteiger partial charge is 0.405 e. The van der Waals surface area contributed by atoms with Crippen LogP contribution >= 0.6 is 15.9 Å². The average Bonchev–Trinajstić information content (AvgIpc) is 2.40. The van der Waals surface area contributed by atoms with Gasteiger partial charge in [-0.1, -0.05) is 24.3 Å². The van der Waals surface area contributed by atoms with E-state index in [-0.39, 0.29) is 10.0 Å². The van der Waals surface area contributed by atoms with Crippen LogP contribution in [-0.2, 0) is 0 Å². The molecule has 112 valence electrons. The van der Waals surface area contributed by atoms with E-state index in [1.807, 2.05) is 0 Å². The van der Waals surface area contributed by atoms with Crippen molar-refractivity contribution in [2.45, 2.75) is 12.4 Å². The van der Waals surface area contributed by atoms with Crippen molar-refractivity contribution in [3.8, 4) is 5.75 Å². The Kier molecular flexibility index (Phi) is 4.53. The van der Waals surface area contributed by atoms with Gasteiger partial charge < -0.3 is 10.5 Å². The van der Waals surface area contributed by atoms with E-state index in [9.17, 15) is 17.6 Å². The number of hydrogen-bond acceptors (Lipinski definition) is 2. The Balaban J connectivity index is 2.38. The molecule has 2 nitrogen and oxygen atoms in total. The molecule has 0 aromatic heterocycles. The maximum absolute atomic E-state index is 13.5.